The highest BCUT2D eigenvalue weighted by atomic mass is 16.5. The number of imide groups is 1. The van der Waals surface area contributed by atoms with Crippen LogP contribution in [0.1, 0.15) is 6.42 Å². The van der Waals surface area contributed by atoms with E-state index in [-0.39, 0.29) is 13.1 Å². The highest BCUT2D eigenvalue weighted by Gasteiger charge is 2.19. The summed E-state index contributed by atoms with van der Waals surface area (Å²) in [5.74, 6) is -1.27. The Bertz CT molecular complexity index is 347. The molecular formula is C11H19N3O5. The molecule has 2 amide bonds. The number of ether oxygens (including phenoxy) is 1. The number of amides is 2. The van der Waals surface area contributed by atoms with Crippen LogP contribution in [-0.4, -0.2) is 79.3 Å². The highest BCUT2D eigenvalue weighted by Crippen LogP contribution is 2.02. The molecule has 0 radical (unpaired) electrons. The molecule has 0 aromatic carbocycles. The van der Waals surface area contributed by atoms with E-state index >= 15 is 0 Å². The van der Waals surface area contributed by atoms with Gasteiger partial charge in [0.05, 0.1) is 20.2 Å². The van der Waals surface area contributed by atoms with E-state index in [1.165, 1.54) is 7.11 Å². The van der Waals surface area contributed by atoms with Crippen LogP contribution in [0.5, 0.6) is 0 Å². The molecule has 1 aliphatic heterocycles. The van der Waals surface area contributed by atoms with Crippen LogP contribution in [0.4, 0.5) is 4.79 Å². The van der Waals surface area contributed by atoms with E-state index in [2.05, 4.69) is 10.1 Å². The molecule has 0 spiro atoms. The first kappa shape index (κ1) is 15.4. The number of hydrogen-bond acceptors (Lipinski definition) is 6. The number of aliphatic carboxylic acids is 1. The molecule has 1 heterocycles. The minimum Gasteiger partial charge on any atom is -0.480 e. The largest absolute Gasteiger partial charge is 0.480 e. The second-order valence-corrected chi connectivity index (χ2v) is 4.34. The van der Waals surface area contributed by atoms with Crippen LogP contribution in [0.25, 0.3) is 0 Å². The summed E-state index contributed by atoms with van der Waals surface area (Å²) >= 11 is 0. The molecule has 0 saturated carbocycles. The molecular weight excluding hydrogens is 254 g/mol. The van der Waals surface area contributed by atoms with Crippen molar-refractivity contribution >= 4 is 18.0 Å². The van der Waals surface area contributed by atoms with Crippen molar-refractivity contribution in [2.24, 2.45) is 0 Å². The standard InChI is InChI=1S/C11H19N3O5/c1-19-11(18)12-9(15)7-13-3-2-4-14(6-5-13)8-10(16)17/h2-8H2,1H3,(H,16,17)(H,12,15,18). The predicted molar refractivity (Wildman–Crippen MR) is 65.7 cm³/mol. The van der Waals surface area contributed by atoms with Gasteiger partial charge >= 0.3 is 12.1 Å². The summed E-state index contributed by atoms with van der Waals surface area (Å²) in [7, 11) is 1.19. The van der Waals surface area contributed by atoms with Gasteiger partial charge in [0.15, 0.2) is 0 Å². The molecule has 0 aliphatic carbocycles. The molecule has 8 nitrogen and oxygen atoms in total. The van der Waals surface area contributed by atoms with Gasteiger partial charge in [-0.25, -0.2) is 4.79 Å². The fraction of sp³-hybridized carbons (Fsp3) is 0.727. The zero-order chi connectivity index (χ0) is 14.3. The Morgan fingerprint density at radius 1 is 1.11 bits per heavy atom. The molecule has 108 valence electrons. The van der Waals surface area contributed by atoms with Gasteiger partial charge in [0, 0.05) is 19.6 Å². The maximum absolute atomic E-state index is 11.5. The minimum absolute atomic E-state index is 0.0161. The summed E-state index contributed by atoms with van der Waals surface area (Å²) in [4.78, 5) is 36.7. The number of hydrogen-bond donors (Lipinski definition) is 2. The Morgan fingerprint density at radius 2 is 1.68 bits per heavy atom. The normalized spacial score (nSPS) is 17.5. The summed E-state index contributed by atoms with van der Waals surface area (Å²) in [5, 5.41) is 10.8. The third-order valence-corrected chi connectivity index (χ3v) is 2.83. The van der Waals surface area contributed by atoms with Crippen molar-refractivity contribution < 1.29 is 24.2 Å². The summed E-state index contributed by atoms with van der Waals surface area (Å²) in [6.07, 6.45) is 0.0195. The fourth-order valence-electron chi connectivity index (χ4n) is 1.94. The van der Waals surface area contributed by atoms with Crippen LogP contribution in [0.15, 0.2) is 0 Å². The lowest BCUT2D eigenvalue weighted by Crippen LogP contribution is -2.41. The first-order valence-electron chi connectivity index (χ1n) is 6.05. The van der Waals surface area contributed by atoms with Crippen molar-refractivity contribution in [3.63, 3.8) is 0 Å². The van der Waals surface area contributed by atoms with Crippen molar-refractivity contribution in [1.82, 2.24) is 15.1 Å². The molecule has 1 saturated heterocycles. The molecule has 1 rings (SSSR count). The van der Waals surface area contributed by atoms with Crippen LogP contribution < -0.4 is 5.32 Å². The van der Waals surface area contributed by atoms with Gasteiger partial charge in [-0.1, -0.05) is 0 Å². The average molecular weight is 273 g/mol. The molecule has 0 atom stereocenters. The van der Waals surface area contributed by atoms with E-state index in [9.17, 15) is 14.4 Å². The quantitative estimate of drug-likeness (QED) is 0.675. The molecule has 0 aromatic rings. The van der Waals surface area contributed by atoms with Gasteiger partial charge in [-0.3, -0.25) is 24.7 Å². The van der Waals surface area contributed by atoms with Gasteiger partial charge in [0.1, 0.15) is 0 Å². The van der Waals surface area contributed by atoms with E-state index in [0.29, 0.717) is 26.2 Å². The van der Waals surface area contributed by atoms with E-state index < -0.39 is 18.0 Å². The van der Waals surface area contributed by atoms with Crippen LogP contribution in [0.3, 0.4) is 0 Å². The third kappa shape index (κ3) is 6.16. The van der Waals surface area contributed by atoms with Crippen LogP contribution >= 0.6 is 0 Å². The topological polar surface area (TPSA) is 99.2 Å². The number of rotatable bonds is 4. The molecule has 1 aliphatic rings. The molecule has 8 heteroatoms. The number of nitrogens with one attached hydrogen (secondary N) is 1. The van der Waals surface area contributed by atoms with Crippen molar-refractivity contribution in [3.8, 4) is 0 Å². The Balaban J connectivity index is 2.34. The summed E-state index contributed by atoms with van der Waals surface area (Å²) < 4.78 is 4.33. The van der Waals surface area contributed by atoms with Gasteiger partial charge in [0.25, 0.3) is 0 Å². The molecule has 19 heavy (non-hydrogen) atoms. The minimum atomic E-state index is -0.850. The first-order valence-corrected chi connectivity index (χ1v) is 6.05. The van der Waals surface area contributed by atoms with Crippen LogP contribution in [0, 0.1) is 0 Å². The highest BCUT2D eigenvalue weighted by molar-refractivity contribution is 5.92. The third-order valence-electron chi connectivity index (χ3n) is 2.83. The van der Waals surface area contributed by atoms with Crippen molar-refractivity contribution in [2.45, 2.75) is 6.42 Å². The van der Waals surface area contributed by atoms with Crippen molar-refractivity contribution in [3.05, 3.63) is 0 Å². The fourth-order valence-corrected chi connectivity index (χ4v) is 1.94. The maximum atomic E-state index is 11.5. The second kappa shape index (κ2) is 7.70. The number of carbonyl (C=O) groups is 3. The van der Waals surface area contributed by atoms with E-state index in [1.54, 1.807) is 0 Å². The Hall–Kier alpha value is -1.67. The smallest absolute Gasteiger partial charge is 0.413 e. The molecule has 0 aromatic heterocycles. The zero-order valence-electron chi connectivity index (χ0n) is 10.9. The second-order valence-electron chi connectivity index (χ2n) is 4.34. The Kier molecular flexibility index (Phi) is 6.23. The lowest BCUT2D eigenvalue weighted by molar-refractivity contribution is -0.138. The zero-order valence-corrected chi connectivity index (χ0v) is 10.9. The summed E-state index contributed by atoms with van der Waals surface area (Å²) in [5.41, 5.74) is 0. The van der Waals surface area contributed by atoms with Crippen molar-refractivity contribution in [1.29, 1.82) is 0 Å². The van der Waals surface area contributed by atoms with Gasteiger partial charge in [-0.15, -0.1) is 0 Å². The summed E-state index contributed by atoms with van der Waals surface area (Å²) in [6.45, 7) is 2.71. The number of alkyl carbamates (subject to hydrolysis) is 1. The SMILES string of the molecule is COC(=O)NC(=O)CN1CCCN(CC(=O)O)CC1. The Labute approximate surface area is 111 Å². The molecule has 0 unspecified atom stereocenters. The molecule has 2 N–H and O–H groups in total. The number of carboxylic acids is 1. The first-order chi connectivity index (χ1) is 9.01. The average Bonchev–Trinajstić information content (AvgIpc) is 2.54. The van der Waals surface area contributed by atoms with Crippen molar-refractivity contribution in [2.75, 3.05) is 46.4 Å². The van der Waals surface area contributed by atoms with Gasteiger partial charge < -0.3 is 9.84 Å². The van der Waals surface area contributed by atoms with Gasteiger partial charge in [-0.05, 0) is 13.0 Å². The molecule has 0 bridgehead atoms. The van der Waals surface area contributed by atoms with E-state index in [4.69, 9.17) is 5.11 Å². The lowest BCUT2D eigenvalue weighted by atomic mass is 10.3. The number of methoxy groups -OCH3 is 1. The maximum Gasteiger partial charge on any atom is 0.413 e. The van der Waals surface area contributed by atoms with E-state index in [0.717, 1.165) is 6.42 Å². The number of carboxylic acid groups (broad SMARTS) is 1. The predicted octanol–water partition coefficient (Wildman–Crippen LogP) is -1.04. The monoisotopic (exact) mass is 273 g/mol. The van der Waals surface area contributed by atoms with Gasteiger partial charge in [0.2, 0.25) is 5.91 Å². The Morgan fingerprint density at radius 3 is 2.21 bits per heavy atom. The van der Waals surface area contributed by atoms with Gasteiger partial charge in [-0.2, -0.15) is 0 Å². The number of nitrogens with zero attached hydrogens (tertiary/aromatic N) is 2. The van der Waals surface area contributed by atoms with Crippen LogP contribution in [-0.2, 0) is 14.3 Å². The molecule has 1 fully saturated rings. The number of carbonyl (C=O) groups excluding carboxylic acids is 2. The summed E-state index contributed by atoms with van der Waals surface area (Å²) in [6, 6.07) is 0. The lowest BCUT2D eigenvalue weighted by Gasteiger charge is -2.19. The van der Waals surface area contributed by atoms with E-state index in [1.807, 2.05) is 9.80 Å². The van der Waals surface area contributed by atoms with Crippen LogP contribution in [0.2, 0.25) is 0 Å².